The normalized spacial score (nSPS) is 20.3. The molecule has 16 heavy (non-hydrogen) atoms. The number of halogens is 3. The number of ether oxygens (including phenoxy) is 2. The van der Waals surface area contributed by atoms with Crippen LogP contribution in [0.4, 0.5) is 13.2 Å². The lowest BCUT2D eigenvalue weighted by Gasteiger charge is -2.24. The lowest BCUT2D eigenvalue weighted by molar-refractivity contribution is -0.193. The molecule has 0 saturated heterocycles. The van der Waals surface area contributed by atoms with Crippen LogP contribution in [-0.4, -0.2) is 37.0 Å². The molecule has 2 atom stereocenters. The third-order valence-electron chi connectivity index (χ3n) is 2.09. The van der Waals surface area contributed by atoms with Crippen molar-refractivity contribution in [3.63, 3.8) is 0 Å². The second-order valence-corrected chi connectivity index (χ2v) is 3.58. The van der Waals surface area contributed by atoms with Gasteiger partial charge in [0, 0.05) is 6.61 Å². The molecule has 1 rings (SSSR count). The number of nitrogens with two attached hydrogens (primary N) is 1. The van der Waals surface area contributed by atoms with Crippen LogP contribution in [0.1, 0.15) is 19.8 Å². The van der Waals surface area contributed by atoms with Crippen LogP contribution in [0.5, 0.6) is 0 Å². The lowest BCUT2D eigenvalue weighted by Crippen LogP contribution is -2.52. The monoisotopic (exact) mass is 241 g/mol. The second kappa shape index (κ2) is 5.01. The average Bonchev–Trinajstić information content (AvgIpc) is 2.95. The highest BCUT2D eigenvalue weighted by molar-refractivity contribution is 5.76. The zero-order chi connectivity index (χ0) is 12.3. The quantitative estimate of drug-likeness (QED) is 0.729. The first-order valence-electron chi connectivity index (χ1n) is 5.00. The van der Waals surface area contributed by atoms with E-state index in [-0.39, 0.29) is 12.7 Å². The van der Waals surface area contributed by atoms with E-state index >= 15 is 0 Å². The van der Waals surface area contributed by atoms with Gasteiger partial charge in [0.2, 0.25) is 0 Å². The van der Waals surface area contributed by atoms with Gasteiger partial charge in [-0.3, -0.25) is 0 Å². The van der Waals surface area contributed by atoms with E-state index in [0.717, 1.165) is 0 Å². The Hall–Kier alpha value is -0.820. The molecule has 0 aromatic heterocycles. The van der Waals surface area contributed by atoms with Gasteiger partial charge in [-0.15, -0.1) is 0 Å². The summed E-state index contributed by atoms with van der Waals surface area (Å²) in [5.41, 5.74) is 4.93. The number of carbonyl (C=O) groups excluding carboxylic acids is 1. The number of hydrogen-bond donors (Lipinski definition) is 1. The molecule has 0 aromatic carbocycles. The summed E-state index contributed by atoms with van der Waals surface area (Å²) in [6.07, 6.45) is -5.35. The SMILES string of the molecule is CCO[C@@H](C(=O)OC1CC1)[C@@H](N)C(F)(F)F. The summed E-state index contributed by atoms with van der Waals surface area (Å²) < 4.78 is 46.4. The maximum absolute atomic E-state index is 12.3. The van der Waals surface area contributed by atoms with Crippen LogP contribution in [0, 0.1) is 0 Å². The zero-order valence-corrected chi connectivity index (χ0v) is 8.79. The Labute approximate surface area is 90.9 Å². The molecule has 1 aliphatic rings. The third kappa shape index (κ3) is 3.64. The minimum atomic E-state index is -4.68. The first-order valence-corrected chi connectivity index (χ1v) is 5.00. The van der Waals surface area contributed by atoms with E-state index in [1.165, 1.54) is 6.92 Å². The summed E-state index contributed by atoms with van der Waals surface area (Å²) in [4.78, 5) is 11.3. The number of hydrogen-bond acceptors (Lipinski definition) is 4. The van der Waals surface area contributed by atoms with Crippen LogP contribution in [0.15, 0.2) is 0 Å². The first kappa shape index (κ1) is 13.2. The van der Waals surface area contributed by atoms with Crippen molar-refractivity contribution in [3.05, 3.63) is 0 Å². The molecule has 0 bridgehead atoms. The maximum atomic E-state index is 12.3. The number of alkyl halides is 3. The Kier molecular flexibility index (Phi) is 4.15. The maximum Gasteiger partial charge on any atom is 0.406 e. The Balaban J connectivity index is 2.60. The zero-order valence-electron chi connectivity index (χ0n) is 8.79. The van der Waals surface area contributed by atoms with Crippen molar-refractivity contribution >= 4 is 5.97 Å². The molecule has 0 spiro atoms. The summed E-state index contributed by atoms with van der Waals surface area (Å²) >= 11 is 0. The fraction of sp³-hybridized carbons (Fsp3) is 0.889. The molecule has 1 aliphatic carbocycles. The van der Waals surface area contributed by atoms with Crippen molar-refractivity contribution in [2.24, 2.45) is 5.73 Å². The van der Waals surface area contributed by atoms with Crippen LogP contribution in [0.3, 0.4) is 0 Å². The molecule has 2 N–H and O–H groups in total. The molecule has 0 aromatic rings. The summed E-state index contributed by atoms with van der Waals surface area (Å²) in [7, 11) is 0. The Morgan fingerprint density at radius 2 is 2.06 bits per heavy atom. The molecule has 0 radical (unpaired) electrons. The molecule has 1 saturated carbocycles. The van der Waals surface area contributed by atoms with Gasteiger partial charge >= 0.3 is 12.1 Å². The molecule has 0 heterocycles. The molecule has 1 fully saturated rings. The number of rotatable bonds is 5. The number of carbonyl (C=O) groups is 1. The summed E-state index contributed by atoms with van der Waals surface area (Å²) in [5.74, 6) is -1.03. The molecule has 0 amide bonds. The van der Waals surface area contributed by atoms with E-state index < -0.39 is 24.3 Å². The van der Waals surface area contributed by atoms with Crippen molar-refractivity contribution in [3.8, 4) is 0 Å². The minimum absolute atomic E-state index is 0.0335. The van der Waals surface area contributed by atoms with Crippen LogP contribution >= 0.6 is 0 Å². The molecular formula is C9H14F3NO3. The fourth-order valence-corrected chi connectivity index (χ4v) is 1.09. The highest BCUT2D eigenvalue weighted by Gasteiger charge is 2.47. The predicted octanol–water partition coefficient (Wildman–Crippen LogP) is 0.987. The van der Waals surface area contributed by atoms with Gasteiger partial charge in [-0.05, 0) is 19.8 Å². The molecule has 94 valence electrons. The van der Waals surface area contributed by atoms with Gasteiger partial charge in [-0.2, -0.15) is 13.2 Å². The van der Waals surface area contributed by atoms with Crippen molar-refractivity contribution < 1.29 is 27.4 Å². The van der Waals surface area contributed by atoms with Gasteiger partial charge in [0.25, 0.3) is 0 Å². The third-order valence-corrected chi connectivity index (χ3v) is 2.09. The van der Waals surface area contributed by atoms with Crippen molar-refractivity contribution in [1.82, 2.24) is 0 Å². The smallest absolute Gasteiger partial charge is 0.406 e. The molecule has 7 heteroatoms. The Morgan fingerprint density at radius 1 is 1.50 bits per heavy atom. The van der Waals surface area contributed by atoms with Crippen molar-refractivity contribution in [2.45, 2.75) is 44.2 Å². The molecule has 0 aliphatic heterocycles. The summed E-state index contributed by atoms with van der Waals surface area (Å²) in [5, 5.41) is 0. The average molecular weight is 241 g/mol. The minimum Gasteiger partial charge on any atom is -0.460 e. The first-order chi connectivity index (χ1) is 7.36. The van der Waals surface area contributed by atoms with Crippen molar-refractivity contribution in [2.75, 3.05) is 6.61 Å². The van der Waals surface area contributed by atoms with Gasteiger partial charge in [0.15, 0.2) is 6.10 Å². The Bertz CT molecular complexity index is 253. The van der Waals surface area contributed by atoms with Crippen LogP contribution in [0.25, 0.3) is 0 Å². The molecular weight excluding hydrogens is 227 g/mol. The van der Waals surface area contributed by atoms with Crippen molar-refractivity contribution in [1.29, 1.82) is 0 Å². The van der Waals surface area contributed by atoms with Gasteiger partial charge in [0.05, 0.1) is 0 Å². The second-order valence-electron chi connectivity index (χ2n) is 3.58. The summed E-state index contributed by atoms with van der Waals surface area (Å²) in [6, 6.07) is -2.35. The predicted molar refractivity (Wildman–Crippen MR) is 48.6 cm³/mol. The largest absolute Gasteiger partial charge is 0.460 e. The highest BCUT2D eigenvalue weighted by atomic mass is 19.4. The fourth-order valence-electron chi connectivity index (χ4n) is 1.09. The van der Waals surface area contributed by atoms with Gasteiger partial charge in [-0.1, -0.05) is 0 Å². The topological polar surface area (TPSA) is 61.5 Å². The van der Waals surface area contributed by atoms with E-state index in [1.807, 2.05) is 0 Å². The van der Waals surface area contributed by atoms with Gasteiger partial charge in [-0.25, -0.2) is 4.79 Å². The Morgan fingerprint density at radius 3 is 2.44 bits per heavy atom. The lowest BCUT2D eigenvalue weighted by atomic mass is 10.1. The van der Waals surface area contributed by atoms with Crippen LogP contribution in [0.2, 0.25) is 0 Å². The van der Waals surface area contributed by atoms with E-state index in [9.17, 15) is 18.0 Å². The van der Waals surface area contributed by atoms with E-state index in [4.69, 9.17) is 15.2 Å². The highest BCUT2D eigenvalue weighted by Crippen LogP contribution is 2.27. The number of esters is 1. The van der Waals surface area contributed by atoms with E-state index in [0.29, 0.717) is 12.8 Å². The van der Waals surface area contributed by atoms with Gasteiger partial charge < -0.3 is 15.2 Å². The van der Waals surface area contributed by atoms with Gasteiger partial charge in [0.1, 0.15) is 12.1 Å². The summed E-state index contributed by atoms with van der Waals surface area (Å²) in [6.45, 7) is 1.45. The molecule has 4 nitrogen and oxygen atoms in total. The van der Waals surface area contributed by atoms with E-state index in [1.54, 1.807) is 0 Å². The van der Waals surface area contributed by atoms with E-state index in [2.05, 4.69) is 0 Å². The van der Waals surface area contributed by atoms with Crippen LogP contribution < -0.4 is 5.73 Å². The van der Waals surface area contributed by atoms with Crippen LogP contribution in [-0.2, 0) is 14.3 Å². The standard InChI is InChI=1S/C9H14F3NO3/c1-2-15-6(7(13)9(10,11)12)8(14)16-5-3-4-5/h5-7H,2-4,13H2,1H3/t6-,7-/m1/s1. The molecule has 0 unspecified atom stereocenters.